The van der Waals surface area contributed by atoms with Gasteiger partial charge in [0, 0.05) is 20.2 Å². The molecule has 1 aromatic carbocycles. The Morgan fingerprint density at radius 2 is 2.25 bits per heavy atom. The van der Waals surface area contributed by atoms with Crippen LogP contribution in [-0.4, -0.2) is 26.8 Å². The summed E-state index contributed by atoms with van der Waals surface area (Å²) < 4.78 is 18.3. The number of halogens is 1. The predicted molar refractivity (Wildman–Crippen MR) is 78.7 cm³/mol. The lowest BCUT2D eigenvalue weighted by Crippen LogP contribution is -2.23. The monoisotopic (exact) mass is 276 g/mol. The molecule has 0 heterocycles. The van der Waals surface area contributed by atoms with Crippen LogP contribution in [0.15, 0.2) is 23.8 Å². The zero-order valence-electron chi connectivity index (χ0n) is 12.2. The van der Waals surface area contributed by atoms with Gasteiger partial charge >= 0.3 is 0 Å². The van der Waals surface area contributed by atoms with Gasteiger partial charge in [0.05, 0.1) is 12.2 Å². The smallest absolute Gasteiger partial charge is 0.140 e. The number of nitrogens with one attached hydrogen (secondary N) is 1. The minimum absolute atomic E-state index is 0.0780. The lowest BCUT2D eigenvalue weighted by molar-refractivity contribution is 0.200. The van der Waals surface area contributed by atoms with Gasteiger partial charge in [-0.3, -0.25) is 0 Å². The summed E-state index contributed by atoms with van der Waals surface area (Å²) in [5.41, 5.74) is 2.13. The normalized spacial score (nSPS) is 11.7. The average molecular weight is 276 g/mol. The quantitative estimate of drug-likeness (QED) is 0.779. The van der Waals surface area contributed by atoms with E-state index in [0.29, 0.717) is 12.5 Å². The highest BCUT2D eigenvalue weighted by Crippen LogP contribution is 2.16. The number of hydrogen-bond acceptors (Lipinski definition) is 3. The van der Waals surface area contributed by atoms with Crippen molar-refractivity contribution in [2.24, 2.45) is 5.92 Å². The first-order valence-electron chi connectivity index (χ1n) is 6.68. The highest BCUT2D eigenvalue weighted by molar-refractivity contribution is 5.56. The minimum Gasteiger partial charge on any atom is -0.383 e. The summed E-state index contributed by atoms with van der Waals surface area (Å²) in [5, 5.41) is 12.1. The summed E-state index contributed by atoms with van der Waals surface area (Å²) in [5.74, 6) is -0.102. The van der Waals surface area contributed by atoms with E-state index >= 15 is 0 Å². The van der Waals surface area contributed by atoms with E-state index in [1.165, 1.54) is 11.6 Å². The van der Waals surface area contributed by atoms with E-state index in [1.54, 1.807) is 19.2 Å². The molecule has 0 amide bonds. The van der Waals surface area contributed by atoms with Gasteiger partial charge in [-0.05, 0) is 23.6 Å². The maximum atomic E-state index is 13.3. The molecule has 20 heavy (non-hydrogen) atoms. The standard InChI is InChI=1S/C16H21FN2O/c1-12(2)15(11-19-6-7-20-3)9-13-4-5-16(17)14(8-13)10-18/h4-5,8-9,12,19H,6-7,11H2,1-3H3/b15-9-. The summed E-state index contributed by atoms with van der Waals surface area (Å²) in [7, 11) is 1.67. The Kier molecular flexibility index (Phi) is 6.92. The van der Waals surface area contributed by atoms with Gasteiger partial charge in [-0.15, -0.1) is 0 Å². The first-order valence-corrected chi connectivity index (χ1v) is 6.68. The first-order chi connectivity index (χ1) is 9.58. The number of rotatable bonds is 7. The van der Waals surface area contributed by atoms with E-state index < -0.39 is 5.82 Å². The van der Waals surface area contributed by atoms with Crippen molar-refractivity contribution in [3.63, 3.8) is 0 Å². The van der Waals surface area contributed by atoms with Crippen molar-refractivity contribution in [2.45, 2.75) is 13.8 Å². The molecular weight excluding hydrogens is 255 g/mol. The van der Waals surface area contributed by atoms with Gasteiger partial charge in [-0.2, -0.15) is 5.26 Å². The molecular formula is C16H21FN2O. The number of hydrogen-bond donors (Lipinski definition) is 1. The largest absolute Gasteiger partial charge is 0.383 e. The van der Waals surface area contributed by atoms with Gasteiger partial charge in [0.1, 0.15) is 11.9 Å². The van der Waals surface area contributed by atoms with Crippen LogP contribution in [-0.2, 0) is 4.74 Å². The van der Waals surface area contributed by atoms with Crippen molar-refractivity contribution in [1.29, 1.82) is 5.26 Å². The number of nitriles is 1. The number of benzene rings is 1. The molecule has 0 radical (unpaired) electrons. The predicted octanol–water partition coefficient (Wildman–Crippen LogP) is 2.97. The fourth-order valence-electron chi connectivity index (χ4n) is 1.76. The lowest BCUT2D eigenvalue weighted by atomic mass is 9.99. The van der Waals surface area contributed by atoms with Crippen LogP contribution in [0.3, 0.4) is 0 Å². The van der Waals surface area contributed by atoms with Gasteiger partial charge < -0.3 is 10.1 Å². The Morgan fingerprint density at radius 1 is 1.50 bits per heavy atom. The van der Waals surface area contributed by atoms with E-state index in [0.717, 1.165) is 18.7 Å². The molecule has 0 saturated heterocycles. The minimum atomic E-state index is -0.478. The van der Waals surface area contributed by atoms with Crippen molar-refractivity contribution in [1.82, 2.24) is 5.32 Å². The molecule has 4 heteroatoms. The van der Waals surface area contributed by atoms with Crippen molar-refractivity contribution in [3.05, 3.63) is 40.7 Å². The fourth-order valence-corrected chi connectivity index (χ4v) is 1.76. The molecule has 1 N–H and O–H groups in total. The molecule has 1 rings (SSSR count). The average Bonchev–Trinajstić information content (AvgIpc) is 2.43. The third-order valence-electron chi connectivity index (χ3n) is 3.02. The van der Waals surface area contributed by atoms with Crippen LogP contribution < -0.4 is 5.32 Å². The van der Waals surface area contributed by atoms with Crippen LogP contribution >= 0.6 is 0 Å². The summed E-state index contributed by atoms with van der Waals surface area (Å²) in [6.45, 7) is 6.42. The van der Waals surface area contributed by atoms with E-state index in [-0.39, 0.29) is 5.56 Å². The summed E-state index contributed by atoms with van der Waals surface area (Å²) >= 11 is 0. The van der Waals surface area contributed by atoms with E-state index in [1.807, 2.05) is 12.1 Å². The highest BCUT2D eigenvalue weighted by atomic mass is 19.1. The van der Waals surface area contributed by atoms with Crippen LogP contribution in [0.1, 0.15) is 25.0 Å². The zero-order chi connectivity index (χ0) is 15.0. The van der Waals surface area contributed by atoms with Crippen molar-refractivity contribution in [3.8, 4) is 6.07 Å². The Balaban J connectivity index is 2.83. The van der Waals surface area contributed by atoms with Gasteiger partial charge in [0.2, 0.25) is 0 Å². The van der Waals surface area contributed by atoms with Gasteiger partial charge in [-0.1, -0.05) is 31.6 Å². The van der Waals surface area contributed by atoms with Crippen LogP contribution in [0.25, 0.3) is 6.08 Å². The second-order valence-corrected chi connectivity index (χ2v) is 4.89. The molecule has 0 spiro atoms. The SMILES string of the molecule is COCCNC/C(=C/c1ccc(F)c(C#N)c1)C(C)C. The van der Waals surface area contributed by atoms with E-state index in [2.05, 4.69) is 19.2 Å². The van der Waals surface area contributed by atoms with Crippen LogP contribution in [0.4, 0.5) is 4.39 Å². The Labute approximate surface area is 120 Å². The van der Waals surface area contributed by atoms with Gasteiger partial charge in [0.15, 0.2) is 0 Å². The molecule has 3 nitrogen and oxygen atoms in total. The topological polar surface area (TPSA) is 45.0 Å². The maximum Gasteiger partial charge on any atom is 0.140 e. The zero-order valence-corrected chi connectivity index (χ0v) is 12.2. The Bertz CT molecular complexity index is 504. The Morgan fingerprint density at radius 3 is 2.85 bits per heavy atom. The van der Waals surface area contributed by atoms with Gasteiger partial charge in [-0.25, -0.2) is 4.39 Å². The highest BCUT2D eigenvalue weighted by Gasteiger charge is 2.06. The molecule has 108 valence electrons. The number of ether oxygens (including phenoxy) is 1. The summed E-state index contributed by atoms with van der Waals surface area (Å²) in [6.07, 6.45) is 2.00. The number of nitrogens with zero attached hydrogens (tertiary/aromatic N) is 1. The number of methoxy groups -OCH3 is 1. The fraction of sp³-hybridized carbons (Fsp3) is 0.438. The Hall–Kier alpha value is -1.70. The molecule has 0 aliphatic rings. The second-order valence-electron chi connectivity index (χ2n) is 4.89. The molecule has 0 unspecified atom stereocenters. The third-order valence-corrected chi connectivity index (χ3v) is 3.02. The molecule has 0 bridgehead atoms. The van der Waals surface area contributed by atoms with E-state index in [4.69, 9.17) is 10.00 Å². The molecule has 0 atom stereocenters. The second kappa shape index (κ2) is 8.47. The van der Waals surface area contributed by atoms with Crippen LogP contribution in [0.5, 0.6) is 0 Å². The first kappa shape index (κ1) is 16.4. The molecule has 1 aromatic rings. The van der Waals surface area contributed by atoms with Crippen molar-refractivity contribution in [2.75, 3.05) is 26.8 Å². The molecule has 0 fully saturated rings. The lowest BCUT2D eigenvalue weighted by Gasteiger charge is -2.13. The van der Waals surface area contributed by atoms with Crippen LogP contribution in [0, 0.1) is 23.1 Å². The van der Waals surface area contributed by atoms with Gasteiger partial charge in [0.25, 0.3) is 0 Å². The molecule has 0 saturated carbocycles. The van der Waals surface area contributed by atoms with E-state index in [9.17, 15) is 4.39 Å². The summed E-state index contributed by atoms with van der Waals surface area (Å²) in [6, 6.07) is 6.46. The van der Waals surface area contributed by atoms with Crippen molar-refractivity contribution < 1.29 is 9.13 Å². The third kappa shape index (κ3) is 5.12. The van der Waals surface area contributed by atoms with Crippen LogP contribution in [0.2, 0.25) is 0 Å². The molecule has 0 aromatic heterocycles. The summed E-state index contributed by atoms with van der Waals surface area (Å²) in [4.78, 5) is 0. The maximum absolute atomic E-state index is 13.3. The molecule has 0 aliphatic carbocycles. The molecule has 0 aliphatic heterocycles. The van der Waals surface area contributed by atoms with Crippen molar-refractivity contribution >= 4 is 6.08 Å².